The number of aliphatic hydroxyl groups excluding tert-OH is 1. The van der Waals surface area contributed by atoms with Crippen molar-refractivity contribution < 1.29 is 10.2 Å². The average Bonchev–Trinajstić information content (AvgIpc) is 2.29. The number of rotatable bonds is 2. The highest BCUT2D eigenvalue weighted by atomic mass is 16.3. The minimum Gasteiger partial charge on any atom is -0.508 e. The summed E-state index contributed by atoms with van der Waals surface area (Å²) in [5, 5.41) is 18.5. The standard InChI is InChI=1S/C13H11O2/c14-9-11-4-1-2-7-13(11)10-5-3-6-12(15)8-10/h1-6,8,14-15H,9H2. The molecule has 0 aliphatic heterocycles. The molecule has 0 bridgehead atoms. The van der Waals surface area contributed by atoms with Crippen molar-refractivity contribution in [3.8, 4) is 16.9 Å². The van der Waals surface area contributed by atoms with E-state index < -0.39 is 0 Å². The molecule has 2 N–H and O–H groups in total. The zero-order valence-corrected chi connectivity index (χ0v) is 8.14. The number of aliphatic hydroxyl groups is 1. The SMILES string of the molecule is OCc1ccc[c]c1-c1cccc(O)c1. The van der Waals surface area contributed by atoms with Gasteiger partial charge in [0.2, 0.25) is 0 Å². The van der Waals surface area contributed by atoms with Crippen molar-refractivity contribution in [3.63, 3.8) is 0 Å². The van der Waals surface area contributed by atoms with Crippen molar-refractivity contribution in [3.05, 3.63) is 54.1 Å². The summed E-state index contributed by atoms with van der Waals surface area (Å²) < 4.78 is 0. The molecule has 0 heterocycles. The molecule has 1 radical (unpaired) electrons. The molecule has 0 amide bonds. The number of phenolic OH excluding ortho intramolecular Hbond substituents is 1. The Morgan fingerprint density at radius 2 is 2.00 bits per heavy atom. The Morgan fingerprint density at radius 1 is 1.13 bits per heavy atom. The average molecular weight is 199 g/mol. The van der Waals surface area contributed by atoms with Gasteiger partial charge in [0.25, 0.3) is 0 Å². The van der Waals surface area contributed by atoms with Gasteiger partial charge in [-0.05, 0) is 34.9 Å². The third kappa shape index (κ3) is 2.00. The maximum absolute atomic E-state index is 9.36. The number of hydrogen-bond acceptors (Lipinski definition) is 2. The topological polar surface area (TPSA) is 40.5 Å². The number of phenols is 1. The van der Waals surface area contributed by atoms with Gasteiger partial charge in [-0.1, -0.05) is 30.3 Å². The molecule has 2 aromatic rings. The van der Waals surface area contributed by atoms with Crippen LogP contribution in [-0.4, -0.2) is 10.2 Å². The highest BCUT2D eigenvalue weighted by Gasteiger charge is 2.03. The zero-order chi connectivity index (χ0) is 10.7. The van der Waals surface area contributed by atoms with E-state index in [4.69, 9.17) is 5.11 Å². The van der Waals surface area contributed by atoms with E-state index in [0.29, 0.717) is 0 Å². The van der Waals surface area contributed by atoms with Crippen LogP contribution in [0, 0.1) is 6.07 Å². The maximum atomic E-state index is 9.36. The molecule has 15 heavy (non-hydrogen) atoms. The first kappa shape index (κ1) is 9.74. The highest BCUT2D eigenvalue weighted by Crippen LogP contribution is 2.25. The Bertz CT molecular complexity index is 464. The number of aromatic hydroxyl groups is 1. The molecule has 0 aliphatic rings. The van der Waals surface area contributed by atoms with E-state index >= 15 is 0 Å². The third-order valence-corrected chi connectivity index (χ3v) is 2.25. The summed E-state index contributed by atoms with van der Waals surface area (Å²) in [4.78, 5) is 0. The fourth-order valence-corrected chi connectivity index (χ4v) is 1.53. The third-order valence-electron chi connectivity index (χ3n) is 2.25. The van der Waals surface area contributed by atoms with Gasteiger partial charge in [-0.2, -0.15) is 0 Å². The van der Waals surface area contributed by atoms with E-state index in [1.165, 1.54) is 0 Å². The highest BCUT2D eigenvalue weighted by molar-refractivity contribution is 5.67. The van der Waals surface area contributed by atoms with Crippen LogP contribution in [0.1, 0.15) is 5.56 Å². The lowest BCUT2D eigenvalue weighted by Gasteiger charge is -2.06. The van der Waals surface area contributed by atoms with Crippen LogP contribution in [0.3, 0.4) is 0 Å². The molecule has 0 saturated heterocycles. The van der Waals surface area contributed by atoms with Crippen molar-refractivity contribution in [2.24, 2.45) is 0 Å². The van der Waals surface area contributed by atoms with Crippen molar-refractivity contribution >= 4 is 0 Å². The van der Waals surface area contributed by atoms with Crippen LogP contribution in [-0.2, 0) is 6.61 Å². The fraction of sp³-hybridized carbons (Fsp3) is 0.0769. The van der Waals surface area contributed by atoms with Crippen molar-refractivity contribution in [1.82, 2.24) is 0 Å². The quantitative estimate of drug-likeness (QED) is 0.779. The van der Waals surface area contributed by atoms with Crippen LogP contribution in [0.2, 0.25) is 0 Å². The Balaban J connectivity index is 2.53. The summed E-state index contributed by atoms with van der Waals surface area (Å²) in [6, 6.07) is 15.4. The molecule has 2 heteroatoms. The molecule has 2 aromatic carbocycles. The maximum Gasteiger partial charge on any atom is 0.116 e. The summed E-state index contributed by atoms with van der Waals surface area (Å²) in [5.41, 5.74) is 2.50. The molecule has 2 nitrogen and oxygen atoms in total. The summed E-state index contributed by atoms with van der Waals surface area (Å²) >= 11 is 0. The Hall–Kier alpha value is -1.80. The van der Waals surface area contributed by atoms with Gasteiger partial charge in [0, 0.05) is 0 Å². The van der Waals surface area contributed by atoms with Gasteiger partial charge in [-0.15, -0.1) is 0 Å². The lowest BCUT2D eigenvalue weighted by molar-refractivity contribution is 0.282. The lowest BCUT2D eigenvalue weighted by Crippen LogP contribution is -1.88. The molecular formula is C13H11O2. The van der Waals surface area contributed by atoms with E-state index in [-0.39, 0.29) is 12.4 Å². The van der Waals surface area contributed by atoms with Gasteiger partial charge in [0.15, 0.2) is 0 Å². The Labute approximate surface area is 88.4 Å². The van der Waals surface area contributed by atoms with Gasteiger partial charge in [-0.25, -0.2) is 0 Å². The largest absolute Gasteiger partial charge is 0.508 e. The van der Waals surface area contributed by atoms with Crippen LogP contribution in [0.4, 0.5) is 0 Å². The summed E-state index contributed by atoms with van der Waals surface area (Å²) in [5.74, 6) is 0.216. The number of hydrogen-bond donors (Lipinski definition) is 2. The van der Waals surface area contributed by atoms with Crippen LogP contribution >= 0.6 is 0 Å². The fourth-order valence-electron chi connectivity index (χ4n) is 1.53. The first-order chi connectivity index (χ1) is 7.31. The van der Waals surface area contributed by atoms with E-state index in [1.54, 1.807) is 24.3 Å². The van der Waals surface area contributed by atoms with E-state index in [1.807, 2.05) is 18.2 Å². The molecular weight excluding hydrogens is 188 g/mol. The minimum absolute atomic E-state index is 0.0255. The smallest absolute Gasteiger partial charge is 0.116 e. The monoisotopic (exact) mass is 199 g/mol. The Kier molecular flexibility index (Phi) is 2.70. The molecule has 0 aromatic heterocycles. The Morgan fingerprint density at radius 3 is 2.73 bits per heavy atom. The van der Waals surface area contributed by atoms with Gasteiger partial charge >= 0.3 is 0 Å². The first-order valence-electron chi connectivity index (χ1n) is 4.71. The number of benzene rings is 2. The normalized spacial score (nSPS) is 10.2. The molecule has 0 aliphatic carbocycles. The van der Waals surface area contributed by atoms with Gasteiger partial charge in [0.1, 0.15) is 5.75 Å². The van der Waals surface area contributed by atoms with Crippen LogP contribution < -0.4 is 0 Å². The molecule has 0 unspecified atom stereocenters. The first-order valence-corrected chi connectivity index (χ1v) is 4.71. The molecule has 0 fully saturated rings. The van der Waals surface area contributed by atoms with Crippen molar-refractivity contribution in [2.45, 2.75) is 6.61 Å². The van der Waals surface area contributed by atoms with Crippen molar-refractivity contribution in [2.75, 3.05) is 0 Å². The van der Waals surface area contributed by atoms with Crippen LogP contribution in [0.25, 0.3) is 11.1 Å². The van der Waals surface area contributed by atoms with Crippen molar-refractivity contribution in [1.29, 1.82) is 0 Å². The van der Waals surface area contributed by atoms with E-state index in [9.17, 15) is 5.11 Å². The van der Waals surface area contributed by atoms with Gasteiger partial charge < -0.3 is 10.2 Å². The second-order valence-electron chi connectivity index (χ2n) is 3.28. The predicted molar refractivity (Wildman–Crippen MR) is 58.3 cm³/mol. The summed E-state index contributed by atoms with van der Waals surface area (Å²) in [6.07, 6.45) is 0. The zero-order valence-electron chi connectivity index (χ0n) is 8.14. The predicted octanol–water partition coefficient (Wildman–Crippen LogP) is 2.35. The molecule has 75 valence electrons. The second kappa shape index (κ2) is 4.15. The van der Waals surface area contributed by atoms with E-state index in [2.05, 4.69) is 6.07 Å². The minimum atomic E-state index is -0.0255. The molecule has 0 atom stereocenters. The second-order valence-corrected chi connectivity index (χ2v) is 3.28. The van der Waals surface area contributed by atoms with E-state index in [0.717, 1.165) is 16.7 Å². The van der Waals surface area contributed by atoms with Gasteiger partial charge in [-0.3, -0.25) is 0 Å². The molecule has 2 rings (SSSR count). The lowest BCUT2D eigenvalue weighted by atomic mass is 10.00. The summed E-state index contributed by atoms with van der Waals surface area (Å²) in [7, 11) is 0. The summed E-state index contributed by atoms with van der Waals surface area (Å²) in [6.45, 7) is -0.0255. The van der Waals surface area contributed by atoms with Crippen LogP contribution in [0.15, 0.2) is 42.5 Å². The molecule has 0 saturated carbocycles. The molecule has 0 spiro atoms. The van der Waals surface area contributed by atoms with Crippen LogP contribution in [0.5, 0.6) is 5.75 Å². The van der Waals surface area contributed by atoms with Gasteiger partial charge in [0.05, 0.1) is 6.61 Å².